The van der Waals surface area contributed by atoms with Crippen LogP contribution in [0.1, 0.15) is 103 Å². The molecule has 14 nitrogen and oxygen atoms in total. The summed E-state index contributed by atoms with van der Waals surface area (Å²) < 4.78 is 62.5. The highest BCUT2D eigenvalue weighted by atomic mass is 35.5. The van der Waals surface area contributed by atoms with Crippen LogP contribution in [0, 0.1) is 17.6 Å². The second-order valence-electron chi connectivity index (χ2n) is 18.0. The first kappa shape index (κ1) is 46.9. The van der Waals surface area contributed by atoms with Gasteiger partial charge in [-0.1, -0.05) is 49.8 Å². The molecular weight excluding hydrogens is 901 g/mol. The summed E-state index contributed by atoms with van der Waals surface area (Å²) in [6.07, 6.45) is 5.33. The number of amides is 3. The van der Waals surface area contributed by atoms with E-state index in [-0.39, 0.29) is 36.6 Å². The van der Waals surface area contributed by atoms with Crippen LogP contribution in [0.4, 0.5) is 18.7 Å². The summed E-state index contributed by atoms with van der Waals surface area (Å²) >= 11 is 8.28. The SMILES string of the molecule is COc1ccc2c(O[C@@H]3C[C@H]4C(=O)N[C@]5(P(=O)(O)Cc6c(F)cccc6F)CC5CCCCCCC[C@H](NC(=O)OC5CCCC5)C(=O)N4C3)cc(-c3csc(NC(C)C)n3)nc2c1Cl. The normalized spacial score (nSPS) is 25.2. The lowest BCUT2D eigenvalue weighted by Crippen LogP contribution is -2.55. The minimum atomic E-state index is -4.56. The number of carbonyl (C=O) groups excluding carboxylic acids is 3. The Labute approximate surface area is 386 Å². The summed E-state index contributed by atoms with van der Waals surface area (Å²) in [4.78, 5) is 65.9. The van der Waals surface area contributed by atoms with Crippen LogP contribution in [0.15, 0.2) is 41.8 Å². The fourth-order valence-corrected chi connectivity index (χ4v) is 13.2. The Morgan fingerprint density at radius 3 is 2.43 bits per heavy atom. The molecule has 65 heavy (non-hydrogen) atoms. The molecule has 2 unspecified atom stereocenters. The van der Waals surface area contributed by atoms with Gasteiger partial charge >= 0.3 is 6.09 Å². The Kier molecular flexibility index (Phi) is 14.2. The zero-order valence-corrected chi connectivity index (χ0v) is 39.2. The summed E-state index contributed by atoms with van der Waals surface area (Å²) in [7, 11) is -3.06. The van der Waals surface area contributed by atoms with Crippen molar-refractivity contribution in [3.05, 3.63) is 64.0 Å². The predicted octanol–water partition coefficient (Wildman–Crippen LogP) is 9.55. The van der Waals surface area contributed by atoms with Gasteiger partial charge in [0.1, 0.15) is 63.4 Å². The summed E-state index contributed by atoms with van der Waals surface area (Å²) in [5.74, 6) is -2.85. The number of methoxy groups -OCH3 is 1. The van der Waals surface area contributed by atoms with Gasteiger partial charge in [-0.25, -0.2) is 23.5 Å². The van der Waals surface area contributed by atoms with Crippen LogP contribution in [-0.2, 0) is 25.1 Å². The standard InChI is InChI=1S/C46H56ClF2N6O8PS/c1-26(2)50-44-52-36(25-65-44)35-21-39(30-18-19-38(61-3)40(47)41(30)51-35)62-29-20-37-42(56)54-46(64(59,60)24-31-32(48)15-11-16-33(31)49)22-27(46)12-7-5-4-6-8-17-34(43(57)55(37)23-29)53-45(58)63-28-13-9-10-14-28/h11,15-16,18-19,21,25-29,34,37H,4-10,12-14,17,20,22-24H2,1-3H3,(H,50,52)(H,53,58)(H,54,56)(H,59,60)/t27?,29-,34+,37+,46+/m1/s1. The molecule has 4 fully saturated rings. The molecule has 0 bridgehead atoms. The second-order valence-corrected chi connectivity index (χ2v) is 21.8. The number of nitrogens with zero attached hydrogens (tertiary/aromatic N) is 3. The molecule has 4 aromatic rings. The number of rotatable bonds is 11. The van der Waals surface area contributed by atoms with Gasteiger partial charge in [-0.15, -0.1) is 11.3 Å². The maximum atomic E-state index is 15.0. The van der Waals surface area contributed by atoms with Gasteiger partial charge in [-0.2, -0.15) is 0 Å². The van der Waals surface area contributed by atoms with E-state index in [1.807, 2.05) is 19.2 Å². The topological polar surface area (TPSA) is 181 Å². The van der Waals surface area contributed by atoms with Crippen LogP contribution in [-0.4, -0.2) is 86.9 Å². The number of fused-ring (bicyclic) bond motifs is 3. The van der Waals surface area contributed by atoms with E-state index in [2.05, 4.69) is 16.0 Å². The van der Waals surface area contributed by atoms with Crippen LogP contribution in [0.25, 0.3) is 22.3 Å². The number of aromatic nitrogens is 2. The van der Waals surface area contributed by atoms with E-state index >= 15 is 0 Å². The maximum Gasteiger partial charge on any atom is 0.408 e. The van der Waals surface area contributed by atoms with Crippen LogP contribution in [0.2, 0.25) is 5.02 Å². The molecule has 2 saturated carbocycles. The Balaban J connectivity index is 1.14. The number of hydrogen-bond acceptors (Lipinski definition) is 11. The average Bonchev–Trinajstić information content (AvgIpc) is 3.68. The molecule has 3 amide bonds. The monoisotopic (exact) mass is 956 g/mol. The first-order valence-corrected chi connectivity index (χ1v) is 25.7. The van der Waals surface area contributed by atoms with Gasteiger partial charge in [-0.3, -0.25) is 14.2 Å². The van der Waals surface area contributed by atoms with E-state index in [1.54, 1.807) is 18.2 Å². The third-order valence-electron chi connectivity index (χ3n) is 13.1. The molecule has 2 aromatic carbocycles. The molecule has 350 valence electrons. The molecule has 2 aliphatic heterocycles. The summed E-state index contributed by atoms with van der Waals surface area (Å²) in [5, 5.41) is 10.7. The highest BCUT2D eigenvalue weighted by molar-refractivity contribution is 7.59. The van der Waals surface area contributed by atoms with Crippen molar-refractivity contribution in [2.45, 2.75) is 139 Å². The fourth-order valence-electron chi connectivity index (χ4n) is 9.58. The van der Waals surface area contributed by atoms with E-state index in [0.717, 1.165) is 57.1 Å². The molecule has 2 aliphatic carbocycles. The molecule has 8 rings (SSSR count). The van der Waals surface area contributed by atoms with Crippen molar-refractivity contribution in [3.8, 4) is 22.9 Å². The van der Waals surface area contributed by atoms with Crippen molar-refractivity contribution in [2.24, 2.45) is 5.92 Å². The second kappa shape index (κ2) is 19.7. The van der Waals surface area contributed by atoms with Gasteiger partial charge in [0, 0.05) is 34.9 Å². The fraction of sp³-hybridized carbons (Fsp3) is 0.543. The van der Waals surface area contributed by atoms with Crippen molar-refractivity contribution in [1.29, 1.82) is 0 Å². The van der Waals surface area contributed by atoms with Gasteiger partial charge in [0.2, 0.25) is 19.2 Å². The zero-order valence-electron chi connectivity index (χ0n) is 36.7. The molecule has 4 aliphatic rings. The summed E-state index contributed by atoms with van der Waals surface area (Å²) in [5.41, 5.74) is 0.862. The Morgan fingerprint density at radius 2 is 1.71 bits per heavy atom. The average molecular weight is 957 g/mol. The molecule has 6 atom stereocenters. The Bertz CT molecular complexity index is 2450. The van der Waals surface area contributed by atoms with Crippen LogP contribution in [0.5, 0.6) is 11.5 Å². The number of nitrogens with one attached hydrogen (secondary N) is 3. The maximum absolute atomic E-state index is 15.0. The Hall–Kier alpha value is -4.57. The molecule has 4 N–H and O–H groups in total. The molecule has 2 aromatic heterocycles. The number of halogens is 3. The van der Waals surface area contributed by atoms with Crippen molar-refractivity contribution >= 4 is 64.2 Å². The van der Waals surface area contributed by atoms with Gasteiger partial charge < -0.3 is 40.0 Å². The van der Waals surface area contributed by atoms with Gasteiger partial charge in [0.05, 0.1) is 31.0 Å². The van der Waals surface area contributed by atoms with Gasteiger partial charge in [0.15, 0.2) is 5.13 Å². The van der Waals surface area contributed by atoms with Crippen molar-refractivity contribution in [3.63, 3.8) is 0 Å². The van der Waals surface area contributed by atoms with E-state index in [0.29, 0.717) is 64.6 Å². The van der Waals surface area contributed by atoms with Crippen LogP contribution >= 0.6 is 30.3 Å². The van der Waals surface area contributed by atoms with Crippen molar-refractivity contribution in [2.75, 3.05) is 19.0 Å². The third-order valence-corrected chi connectivity index (χ3v) is 16.9. The van der Waals surface area contributed by atoms with E-state index in [4.69, 9.17) is 35.8 Å². The minimum absolute atomic E-state index is 0.0442. The predicted molar refractivity (Wildman–Crippen MR) is 245 cm³/mol. The highest BCUT2D eigenvalue weighted by Crippen LogP contribution is 2.71. The molecule has 0 radical (unpaired) electrons. The molecule has 0 spiro atoms. The number of benzene rings is 2. The van der Waals surface area contributed by atoms with E-state index in [1.165, 1.54) is 29.4 Å². The smallest absolute Gasteiger partial charge is 0.408 e. The minimum Gasteiger partial charge on any atom is -0.495 e. The largest absolute Gasteiger partial charge is 0.495 e. The number of ether oxygens (including phenoxy) is 3. The lowest BCUT2D eigenvalue weighted by atomic mass is 10.0. The first-order valence-electron chi connectivity index (χ1n) is 22.6. The lowest BCUT2D eigenvalue weighted by molar-refractivity contribution is -0.140. The quantitative estimate of drug-likeness (QED) is 0.105. The zero-order chi connectivity index (χ0) is 46.0. The third kappa shape index (κ3) is 10.2. The van der Waals surface area contributed by atoms with Crippen LogP contribution < -0.4 is 25.4 Å². The Morgan fingerprint density at radius 1 is 1.00 bits per heavy atom. The highest BCUT2D eigenvalue weighted by Gasteiger charge is 2.66. The molecule has 19 heteroatoms. The number of thiazole rings is 1. The number of carbonyl (C=O) groups is 3. The number of anilines is 1. The van der Waals surface area contributed by atoms with Gasteiger partial charge in [-0.05, 0) is 89.0 Å². The molecule has 2 saturated heterocycles. The van der Waals surface area contributed by atoms with Gasteiger partial charge in [0.25, 0.3) is 0 Å². The molecule has 4 heterocycles. The van der Waals surface area contributed by atoms with Crippen molar-refractivity contribution in [1.82, 2.24) is 25.5 Å². The van der Waals surface area contributed by atoms with Crippen LogP contribution in [0.3, 0.4) is 0 Å². The number of hydrogen-bond donors (Lipinski definition) is 4. The summed E-state index contributed by atoms with van der Waals surface area (Å²) in [6, 6.07) is 6.29. The molecular formula is C46H56ClF2N6O8PS. The van der Waals surface area contributed by atoms with E-state index in [9.17, 15) is 32.6 Å². The number of pyridine rings is 1. The lowest BCUT2D eigenvalue weighted by Gasteiger charge is -2.31. The first-order chi connectivity index (χ1) is 31.2. The van der Waals surface area contributed by atoms with Crippen molar-refractivity contribution < 1.29 is 46.8 Å². The summed E-state index contributed by atoms with van der Waals surface area (Å²) in [6.45, 7) is 3.92. The number of alkyl carbamates (subject to hydrolysis) is 1. The van der Waals surface area contributed by atoms with E-state index < -0.39 is 78.0 Å².